The van der Waals surface area contributed by atoms with Gasteiger partial charge in [-0.3, -0.25) is 0 Å². The number of aromatic nitrogens is 3. The molecule has 0 radical (unpaired) electrons. The largest absolute Gasteiger partial charge is 0.387 e. The van der Waals surface area contributed by atoms with E-state index in [1.54, 1.807) is 11.7 Å². The number of nitrogens with zero attached hydrogens (tertiary/aromatic N) is 2. The van der Waals surface area contributed by atoms with E-state index < -0.39 is 0 Å². The van der Waals surface area contributed by atoms with Crippen molar-refractivity contribution in [2.24, 2.45) is 0 Å². The minimum Gasteiger partial charge on any atom is -0.387 e. The summed E-state index contributed by atoms with van der Waals surface area (Å²) in [6.45, 7) is 6.43. The van der Waals surface area contributed by atoms with Gasteiger partial charge in [0.25, 0.3) is 0 Å². The molecule has 0 fully saturated rings. The maximum atomic E-state index is 9.07. The highest BCUT2D eigenvalue weighted by molar-refractivity contribution is 4.94. The number of aromatic amines is 1. The number of rotatable bonds is 3. The fourth-order valence-electron chi connectivity index (χ4n) is 0.964. The van der Waals surface area contributed by atoms with Crippen LogP contribution in [-0.2, 0) is 6.54 Å². The molecule has 0 amide bonds. The molecule has 0 aliphatic heterocycles. The lowest BCUT2D eigenvalue weighted by Gasteiger charge is -1.93. The first-order chi connectivity index (χ1) is 5.59. The van der Waals surface area contributed by atoms with E-state index in [0.717, 1.165) is 5.69 Å². The molecule has 0 aromatic carbocycles. The van der Waals surface area contributed by atoms with Gasteiger partial charge in [-0.25, -0.2) is 0 Å². The van der Waals surface area contributed by atoms with Crippen LogP contribution < -0.4 is 4.80 Å². The molecule has 1 rings (SSSR count). The Morgan fingerprint density at radius 1 is 1.58 bits per heavy atom. The molecule has 0 bridgehead atoms. The van der Waals surface area contributed by atoms with E-state index in [9.17, 15) is 0 Å². The highest BCUT2D eigenvalue weighted by atomic mass is 16.3. The summed E-state index contributed by atoms with van der Waals surface area (Å²) in [7, 11) is 0. The van der Waals surface area contributed by atoms with Gasteiger partial charge >= 0.3 is 0 Å². The zero-order chi connectivity index (χ0) is 9.14. The van der Waals surface area contributed by atoms with Gasteiger partial charge in [0.05, 0.1) is 6.20 Å². The van der Waals surface area contributed by atoms with Gasteiger partial charge in [0.2, 0.25) is 6.54 Å². The fraction of sp³-hybridized carbons (Fsp3) is 0.750. The number of aliphatic hydroxyl groups excluding tert-OH is 1. The van der Waals surface area contributed by atoms with Crippen LogP contribution in [0.25, 0.3) is 0 Å². The SMILES string of the molecule is CC(C)c1c[nH][n+](C[C@@H](C)O)n1. The summed E-state index contributed by atoms with van der Waals surface area (Å²) in [6.07, 6.45) is 1.51. The Morgan fingerprint density at radius 3 is 2.67 bits per heavy atom. The van der Waals surface area contributed by atoms with E-state index in [4.69, 9.17) is 5.11 Å². The summed E-state index contributed by atoms with van der Waals surface area (Å²) < 4.78 is 0. The van der Waals surface area contributed by atoms with E-state index in [2.05, 4.69) is 24.0 Å². The average molecular weight is 170 g/mol. The predicted octanol–water partition coefficient (Wildman–Crippen LogP) is 0.201. The number of hydrogen-bond donors (Lipinski definition) is 2. The molecule has 0 aliphatic rings. The maximum absolute atomic E-state index is 9.07. The summed E-state index contributed by atoms with van der Waals surface area (Å²) >= 11 is 0. The van der Waals surface area contributed by atoms with Gasteiger partial charge < -0.3 is 5.11 Å². The molecule has 4 heteroatoms. The second-order valence-electron chi connectivity index (χ2n) is 3.38. The van der Waals surface area contributed by atoms with Crippen LogP contribution in [0.4, 0.5) is 0 Å². The molecular formula is C8H16N3O+. The molecule has 0 aliphatic carbocycles. The first kappa shape index (κ1) is 9.19. The van der Waals surface area contributed by atoms with Gasteiger partial charge in [-0.05, 0) is 11.7 Å². The van der Waals surface area contributed by atoms with Crippen molar-refractivity contribution in [1.29, 1.82) is 0 Å². The Labute approximate surface area is 72.2 Å². The number of hydrogen-bond acceptors (Lipinski definition) is 2. The first-order valence-electron chi connectivity index (χ1n) is 4.23. The normalized spacial score (nSPS) is 13.8. The molecule has 0 saturated heterocycles. The monoisotopic (exact) mass is 170 g/mol. The minimum absolute atomic E-state index is 0.360. The van der Waals surface area contributed by atoms with E-state index in [-0.39, 0.29) is 6.10 Å². The zero-order valence-corrected chi connectivity index (χ0v) is 7.78. The smallest absolute Gasteiger partial charge is 0.225 e. The summed E-state index contributed by atoms with van der Waals surface area (Å²) in [4.78, 5) is 1.65. The van der Waals surface area contributed by atoms with Crippen molar-refractivity contribution in [3.05, 3.63) is 11.9 Å². The third-order valence-corrected chi connectivity index (χ3v) is 1.63. The third kappa shape index (κ3) is 2.30. The Hall–Kier alpha value is -0.900. The molecule has 0 unspecified atom stereocenters. The molecule has 4 nitrogen and oxygen atoms in total. The predicted molar refractivity (Wildman–Crippen MR) is 44.6 cm³/mol. The van der Waals surface area contributed by atoms with Crippen molar-refractivity contribution in [3.8, 4) is 0 Å². The van der Waals surface area contributed by atoms with Crippen molar-refractivity contribution >= 4 is 0 Å². The van der Waals surface area contributed by atoms with Gasteiger partial charge in [-0.1, -0.05) is 13.8 Å². The molecule has 0 saturated carbocycles. The summed E-state index contributed by atoms with van der Waals surface area (Å²) in [5, 5.41) is 16.3. The van der Waals surface area contributed by atoms with Crippen molar-refractivity contribution in [3.63, 3.8) is 0 Å². The Balaban J connectivity index is 2.64. The van der Waals surface area contributed by atoms with Gasteiger partial charge in [0, 0.05) is 11.0 Å². The number of nitrogens with one attached hydrogen (secondary N) is 1. The molecule has 68 valence electrons. The van der Waals surface area contributed by atoms with Gasteiger partial charge in [0.1, 0.15) is 11.8 Å². The zero-order valence-electron chi connectivity index (χ0n) is 7.78. The lowest BCUT2D eigenvalue weighted by Crippen LogP contribution is -2.43. The highest BCUT2D eigenvalue weighted by Crippen LogP contribution is 2.06. The average Bonchev–Trinajstić information content (AvgIpc) is 2.34. The van der Waals surface area contributed by atoms with E-state index in [0.29, 0.717) is 12.5 Å². The van der Waals surface area contributed by atoms with Crippen LogP contribution in [0.5, 0.6) is 0 Å². The van der Waals surface area contributed by atoms with E-state index in [1.807, 2.05) is 6.20 Å². The van der Waals surface area contributed by atoms with Crippen LogP contribution in [0.15, 0.2) is 6.20 Å². The van der Waals surface area contributed by atoms with Gasteiger partial charge in [-0.15, -0.1) is 5.10 Å². The van der Waals surface area contributed by atoms with Crippen molar-refractivity contribution in [2.45, 2.75) is 39.3 Å². The third-order valence-electron chi connectivity index (χ3n) is 1.63. The van der Waals surface area contributed by atoms with Crippen LogP contribution in [0, 0.1) is 0 Å². The molecule has 1 aromatic heterocycles. The van der Waals surface area contributed by atoms with Crippen molar-refractivity contribution in [1.82, 2.24) is 10.2 Å². The standard InChI is InChI=1S/C8H15N3O/c1-6(2)8-4-9-11(10-8)5-7(3)12/h4,6-7,12H,5H2,1-3H3/p+1/t7-/m1/s1. The van der Waals surface area contributed by atoms with Crippen molar-refractivity contribution < 1.29 is 9.90 Å². The lowest BCUT2D eigenvalue weighted by atomic mass is 10.2. The van der Waals surface area contributed by atoms with Gasteiger partial charge in [-0.2, -0.15) is 0 Å². The van der Waals surface area contributed by atoms with Crippen LogP contribution in [-0.4, -0.2) is 21.4 Å². The second kappa shape index (κ2) is 3.67. The summed E-state index contributed by atoms with van der Waals surface area (Å²) in [5.74, 6) is 0.427. The Bertz CT molecular complexity index is 242. The molecular weight excluding hydrogens is 154 g/mol. The molecule has 0 spiro atoms. The van der Waals surface area contributed by atoms with E-state index >= 15 is 0 Å². The summed E-state index contributed by atoms with van der Waals surface area (Å²) in [5.41, 5.74) is 1.02. The molecule has 2 N–H and O–H groups in total. The molecule has 1 atom stereocenters. The number of aliphatic hydroxyl groups is 1. The van der Waals surface area contributed by atoms with E-state index in [1.165, 1.54) is 0 Å². The highest BCUT2D eigenvalue weighted by Gasteiger charge is 2.13. The molecule has 1 heterocycles. The van der Waals surface area contributed by atoms with Crippen molar-refractivity contribution in [2.75, 3.05) is 0 Å². The topological polar surface area (TPSA) is 52.8 Å². The fourth-order valence-corrected chi connectivity index (χ4v) is 0.964. The molecule has 1 aromatic rings. The van der Waals surface area contributed by atoms with Crippen LogP contribution in [0.1, 0.15) is 32.4 Å². The van der Waals surface area contributed by atoms with Crippen LogP contribution >= 0.6 is 0 Å². The first-order valence-corrected chi connectivity index (χ1v) is 4.23. The maximum Gasteiger partial charge on any atom is 0.225 e. The Morgan fingerprint density at radius 2 is 2.25 bits per heavy atom. The molecule has 12 heavy (non-hydrogen) atoms. The Kier molecular flexibility index (Phi) is 2.81. The summed E-state index contributed by atoms with van der Waals surface area (Å²) in [6, 6.07) is 0. The van der Waals surface area contributed by atoms with Crippen LogP contribution in [0.3, 0.4) is 0 Å². The minimum atomic E-state index is -0.360. The quantitative estimate of drug-likeness (QED) is 0.637. The lowest BCUT2D eigenvalue weighted by molar-refractivity contribution is -0.807. The van der Waals surface area contributed by atoms with Crippen LogP contribution in [0.2, 0.25) is 0 Å². The van der Waals surface area contributed by atoms with Gasteiger partial charge in [0.15, 0.2) is 0 Å². The number of H-pyrrole nitrogens is 1. The second-order valence-corrected chi connectivity index (χ2v) is 3.38.